The Morgan fingerprint density at radius 1 is 1.10 bits per heavy atom. The first kappa shape index (κ1) is 35.0. The van der Waals surface area contributed by atoms with Crippen molar-refractivity contribution in [1.29, 1.82) is 0 Å². The number of H-pyrrole nitrogens is 1. The number of nitrogens with zero attached hydrogens (tertiary/aromatic N) is 1. The minimum absolute atomic E-state index is 0.478. The van der Waals surface area contributed by atoms with E-state index in [0.717, 1.165) is 0 Å². The molecule has 41 heavy (non-hydrogen) atoms. The fourth-order valence-corrected chi connectivity index (χ4v) is 5.62. The molecular formula is C22H34ClF2N4O11P. The summed E-state index contributed by atoms with van der Waals surface area (Å²) in [6.07, 6.45) is -10.7. The average molecular weight is 635 g/mol. The number of hydrogen-bond acceptors (Lipinski definition) is 11. The Labute approximate surface area is 238 Å². The van der Waals surface area contributed by atoms with Gasteiger partial charge in [0.25, 0.3) is 12.0 Å². The van der Waals surface area contributed by atoms with E-state index in [2.05, 4.69) is 10.2 Å². The molecule has 0 unspecified atom stereocenters. The number of rotatable bonds is 13. The zero-order valence-corrected chi connectivity index (χ0v) is 24.7. The number of carbonyl (C=O) groups is 2. The van der Waals surface area contributed by atoms with Crippen LogP contribution in [-0.4, -0.2) is 86.8 Å². The van der Waals surface area contributed by atoms with E-state index in [9.17, 15) is 42.7 Å². The van der Waals surface area contributed by atoms with Crippen molar-refractivity contribution in [3.8, 4) is 0 Å². The van der Waals surface area contributed by atoms with Gasteiger partial charge in [-0.25, -0.2) is 23.7 Å². The van der Waals surface area contributed by atoms with E-state index >= 15 is 0 Å². The standard InChI is InChI=1S/C22H34ClF2N4O11P/c1-9(2)38-18(33)11(5)27-41(36,28-12(6)19(34)39-10(3)4)37-8-22(20(24)25)15(31)14(30)17(40-22)29-7-13(23)16(32)26-21(29)35/h7,9-12,14-15,17,20,30-31H,8H2,1-6H3,(H,26,32,35)(H2,27,28,36)/t11-,12-,14+,15+,17+,22+/m0/s1. The van der Waals surface area contributed by atoms with E-state index in [0.29, 0.717) is 10.8 Å². The van der Waals surface area contributed by atoms with E-state index in [1.54, 1.807) is 32.7 Å². The molecule has 5 N–H and O–H groups in total. The number of aromatic nitrogens is 2. The van der Waals surface area contributed by atoms with Crippen LogP contribution in [0, 0.1) is 0 Å². The van der Waals surface area contributed by atoms with Crippen LogP contribution < -0.4 is 21.4 Å². The van der Waals surface area contributed by atoms with Crippen molar-refractivity contribution in [1.82, 2.24) is 19.7 Å². The van der Waals surface area contributed by atoms with Gasteiger partial charge in [-0.3, -0.25) is 28.5 Å². The van der Waals surface area contributed by atoms with Crippen LogP contribution in [0.3, 0.4) is 0 Å². The lowest BCUT2D eigenvalue weighted by Gasteiger charge is -2.33. The first-order valence-corrected chi connectivity index (χ1v) is 14.4. The number of carbonyl (C=O) groups excluding carboxylic acids is 2. The molecule has 0 amide bonds. The highest BCUT2D eigenvalue weighted by molar-refractivity contribution is 7.54. The number of ether oxygens (including phenoxy) is 3. The molecular weight excluding hydrogens is 601 g/mol. The van der Waals surface area contributed by atoms with Crippen LogP contribution in [0.5, 0.6) is 0 Å². The normalized spacial score (nSPS) is 24.6. The van der Waals surface area contributed by atoms with Gasteiger partial charge in [0, 0.05) is 6.20 Å². The topological polar surface area (TPSA) is 208 Å². The monoisotopic (exact) mass is 634 g/mol. The van der Waals surface area contributed by atoms with Crippen molar-refractivity contribution >= 4 is 31.2 Å². The first-order chi connectivity index (χ1) is 18.8. The molecule has 1 aromatic rings. The Hall–Kier alpha value is -2.24. The molecule has 15 nitrogen and oxygen atoms in total. The predicted molar refractivity (Wildman–Crippen MR) is 138 cm³/mol. The SMILES string of the molecule is CC(C)OC(=O)[C@H](C)NP(=O)(N[C@@H](C)C(=O)OC(C)C)OC[C@@]1(C(F)F)O[C@@H](n2cc(Cl)c(=O)[nH]c2=O)[C@H](O)[C@H]1O. The third-order valence-corrected chi connectivity index (χ3v) is 7.85. The minimum Gasteiger partial charge on any atom is -0.462 e. The fourth-order valence-electron chi connectivity index (χ4n) is 3.63. The third-order valence-electron chi connectivity index (χ3n) is 5.63. The maximum Gasteiger partial charge on any atom is 0.342 e. The van der Waals surface area contributed by atoms with Crippen molar-refractivity contribution < 1.29 is 51.9 Å². The fraction of sp³-hybridized carbons (Fsp3) is 0.727. The average Bonchev–Trinajstić information content (AvgIpc) is 3.10. The number of halogens is 3. The van der Waals surface area contributed by atoms with Crippen molar-refractivity contribution in [2.24, 2.45) is 0 Å². The minimum atomic E-state index is -4.67. The number of aliphatic hydroxyl groups excluding tert-OH is 2. The van der Waals surface area contributed by atoms with Gasteiger partial charge in [-0.05, 0) is 41.5 Å². The summed E-state index contributed by atoms with van der Waals surface area (Å²) in [7, 11) is -4.67. The molecule has 234 valence electrons. The number of alkyl halides is 2. The van der Waals surface area contributed by atoms with Crippen molar-refractivity contribution in [3.05, 3.63) is 32.1 Å². The quantitative estimate of drug-likeness (QED) is 0.147. The third kappa shape index (κ3) is 8.41. The number of esters is 2. The number of aromatic amines is 1. The zero-order valence-electron chi connectivity index (χ0n) is 23.0. The van der Waals surface area contributed by atoms with Crippen LogP contribution in [0.1, 0.15) is 47.8 Å². The molecule has 1 aromatic heterocycles. The molecule has 2 heterocycles. The van der Waals surface area contributed by atoms with Gasteiger partial charge in [0.1, 0.15) is 29.3 Å². The molecule has 1 aliphatic heterocycles. The van der Waals surface area contributed by atoms with E-state index in [1.807, 2.05) is 0 Å². The van der Waals surface area contributed by atoms with E-state index in [4.69, 9.17) is 30.3 Å². The van der Waals surface area contributed by atoms with Gasteiger partial charge < -0.3 is 28.9 Å². The molecule has 0 radical (unpaired) electrons. The molecule has 0 bridgehead atoms. The smallest absolute Gasteiger partial charge is 0.342 e. The molecule has 0 saturated carbocycles. The predicted octanol–water partition coefficient (Wildman–Crippen LogP) is 0.429. The van der Waals surface area contributed by atoms with Gasteiger partial charge in [-0.1, -0.05) is 11.6 Å². The highest BCUT2D eigenvalue weighted by Crippen LogP contribution is 2.46. The van der Waals surface area contributed by atoms with Crippen LogP contribution in [0.25, 0.3) is 0 Å². The summed E-state index contributed by atoms with van der Waals surface area (Å²) in [4.78, 5) is 50.3. The number of aliphatic hydroxyl groups is 2. The first-order valence-electron chi connectivity index (χ1n) is 12.4. The Morgan fingerprint density at radius 2 is 1.59 bits per heavy atom. The summed E-state index contributed by atoms with van der Waals surface area (Å²) >= 11 is 5.71. The molecule has 0 spiro atoms. The molecule has 0 aliphatic carbocycles. The molecule has 0 aromatic carbocycles. The second kappa shape index (κ2) is 13.8. The lowest BCUT2D eigenvalue weighted by molar-refractivity contribution is -0.192. The molecule has 1 aliphatic rings. The second-order valence-electron chi connectivity index (χ2n) is 9.84. The Balaban J connectivity index is 2.42. The zero-order chi connectivity index (χ0) is 31.4. The van der Waals surface area contributed by atoms with Gasteiger partial charge in [0.15, 0.2) is 11.8 Å². The van der Waals surface area contributed by atoms with Gasteiger partial charge >= 0.3 is 25.3 Å². The molecule has 19 heteroatoms. The van der Waals surface area contributed by atoms with Crippen LogP contribution in [0.4, 0.5) is 8.78 Å². The molecule has 2 rings (SSSR count). The lowest BCUT2D eigenvalue weighted by Crippen LogP contribution is -2.53. The summed E-state index contributed by atoms with van der Waals surface area (Å²) in [5, 5.41) is 25.2. The van der Waals surface area contributed by atoms with Crippen molar-refractivity contribution in [2.45, 2.75) is 96.3 Å². The van der Waals surface area contributed by atoms with E-state index in [-0.39, 0.29) is 0 Å². The summed E-state index contributed by atoms with van der Waals surface area (Å²) in [5.74, 6) is -1.79. The van der Waals surface area contributed by atoms with Gasteiger partial charge in [-0.2, -0.15) is 0 Å². The van der Waals surface area contributed by atoms with Crippen molar-refractivity contribution in [2.75, 3.05) is 6.61 Å². The Morgan fingerprint density at radius 3 is 2.02 bits per heavy atom. The number of hydrogen-bond donors (Lipinski definition) is 5. The lowest BCUT2D eigenvalue weighted by atomic mass is 9.96. The number of nitrogens with one attached hydrogen (secondary N) is 3. The summed E-state index contributed by atoms with van der Waals surface area (Å²) in [5.41, 5.74) is -5.31. The Kier molecular flexibility index (Phi) is 11.8. The van der Waals surface area contributed by atoms with Crippen LogP contribution in [0.15, 0.2) is 15.8 Å². The Bertz CT molecular complexity index is 1230. The molecule has 1 fully saturated rings. The maximum atomic E-state index is 14.5. The van der Waals surface area contributed by atoms with Crippen LogP contribution >= 0.6 is 19.3 Å². The summed E-state index contributed by atoms with van der Waals surface area (Å²) < 4.78 is 63.8. The summed E-state index contributed by atoms with van der Waals surface area (Å²) in [6.45, 7) is 7.27. The van der Waals surface area contributed by atoms with Gasteiger partial charge in [0.05, 0.1) is 18.8 Å². The molecule has 1 saturated heterocycles. The van der Waals surface area contributed by atoms with E-state index < -0.39 is 97.2 Å². The molecule has 6 atom stereocenters. The highest BCUT2D eigenvalue weighted by atomic mass is 35.5. The second-order valence-corrected chi connectivity index (χ2v) is 12.1. The maximum absolute atomic E-state index is 14.5. The van der Waals surface area contributed by atoms with E-state index in [1.165, 1.54) is 13.8 Å². The highest BCUT2D eigenvalue weighted by Gasteiger charge is 2.61. The van der Waals surface area contributed by atoms with Crippen LogP contribution in [0.2, 0.25) is 5.02 Å². The summed E-state index contributed by atoms with van der Waals surface area (Å²) in [6, 6.07) is -2.72. The van der Waals surface area contributed by atoms with Crippen LogP contribution in [-0.2, 0) is 32.9 Å². The van der Waals surface area contributed by atoms with Gasteiger partial charge in [0.2, 0.25) is 0 Å². The largest absolute Gasteiger partial charge is 0.462 e. The van der Waals surface area contributed by atoms with Crippen molar-refractivity contribution in [3.63, 3.8) is 0 Å². The van der Waals surface area contributed by atoms with Gasteiger partial charge in [-0.15, -0.1) is 0 Å².